The molecule has 0 aliphatic heterocycles. The van der Waals surface area contributed by atoms with E-state index in [0.717, 1.165) is 10.9 Å². The molecule has 1 heterocycles. The number of hydrogen-bond acceptors (Lipinski definition) is 3. The van der Waals surface area contributed by atoms with Gasteiger partial charge in [0.2, 0.25) is 5.91 Å². The summed E-state index contributed by atoms with van der Waals surface area (Å²) in [5.41, 5.74) is 1.93. The Kier molecular flexibility index (Phi) is 4.61. The van der Waals surface area contributed by atoms with E-state index >= 15 is 0 Å². The Hall–Kier alpha value is -3.08. The fourth-order valence-corrected chi connectivity index (χ4v) is 2.55. The van der Waals surface area contributed by atoms with Gasteiger partial charge in [-0.1, -0.05) is 24.3 Å². The standard InChI is InChI=1S/C19H18N2O3/c1-24-16-7-4-6-15(12-16)20-18(22)10-9-14-11-13-5-2-3-8-17(13)21-19(14)23/h2-8,11-12H,9-10H2,1H3,(H,20,22)(H,21,23). The molecule has 3 aromatic rings. The molecule has 0 spiro atoms. The van der Waals surface area contributed by atoms with Gasteiger partial charge in [0.15, 0.2) is 0 Å². The minimum absolute atomic E-state index is 0.143. The Labute approximate surface area is 139 Å². The molecule has 5 nitrogen and oxygen atoms in total. The molecule has 0 aliphatic rings. The van der Waals surface area contributed by atoms with Gasteiger partial charge in [0, 0.05) is 29.3 Å². The van der Waals surface area contributed by atoms with Gasteiger partial charge in [0.25, 0.3) is 5.56 Å². The molecular formula is C19H18N2O3. The molecule has 0 radical (unpaired) electrons. The first-order valence-electron chi connectivity index (χ1n) is 7.70. The minimum atomic E-state index is -0.150. The Bertz CT molecular complexity index is 931. The van der Waals surface area contributed by atoms with E-state index in [1.807, 2.05) is 42.5 Å². The number of ether oxygens (including phenoxy) is 1. The van der Waals surface area contributed by atoms with Crippen molar-refractivity contribution in [1.82, 2.24) is 4.98 Å². The van der Waals surface area contributed by atoms with Gasteiger partial charge in [0.1, 0.15) is 5.75 Å². The molecule has 0 bridgehead atoms. The highest BCUT2D eigenvalue weighted by Gasteiger charge is 2.07. The number of anilines is 1. The van der Waals surface area contributed by atoms with E-state index < -0.39 is 0 Å². The smallest absolute Gasteiger partial charge is 0.251 e. The van der Waals surface area contributed by atoms with E-state index in [1.165, 1.54) is 0 Å². The van der Waals surface area contributed by atoms with Crippen LogP contribution in [0.2, 0.25) is 0 Å². The molecule has 0 aliphatic carbocycles. The zero-order valence-electron chi connectivity index (χ0n) is 13.3. The number of benzene rings is 2. The lowest BCUT2D eigenvalue weighted by Gasteiger charge is -2.07. The van der Waals surface area contributed by atoms with Crippen molar-refractivity contribution < 1.29 is 9.53 Å². The van der Waals surface area contributed by atoms with Gasteiger partial charge in [-0.05, 0) is 36.1 Å². The van der Waals surface area contributed by atoms with Crippen molar-refractivity contribution >= 4 is 22.5 Å². The SMILES string of the molecule is COc1cccc(NC(=O)CCc2cc3ccccc3[nH]c2=O)c1. The lowest BCUT2D eigenvalue weighted by atomic mass is 10.1. The van der Waals surface area contributed by atoms with E-state index in [1.54, 1.807) is 19.2 Å². The molecule has 0 saturated carbocycles. The summed E-state index contributed by atoms with van der Waals surface area (Å²) in [5, 5.41) is 3.77. The summed E-state index contributed by atoms with van der Waals surface area (Å²) in [7, 11) is 1.58. The van der Waals surface area contributed by atoms with E-state index in [4.69, 9.17) is 4.74 Å². The van der Waals surface area contributed by atoms with E-state index in [2.05, 4.69) is 10.3 Å². The number of para-hydroxylation sites is 1. The maximum Gasteiger partial charge on any atom is 0.251 e. The predicted molar refractivity (Wildman–Crippen MR) is 94.5 cm³/mol. The van der Waals surface area contributed by atoms with Crippen LogP contribution < -0.4 is 15.6 Å². The first kappa shape index (κ1) is 15.8. The van der Waals surface area contributed by atoms with E-state index in [0.29, 0.717) is 23.4 Å². The van der Waals surface area contributed by atoms with Crippen LogP contribution in [0.4, 0.5) is 5.69 Å². The summed E-state index contributed by atoms with van der Waals surface area (Å²) in [5.74, 6) is 0.537. The first-order chi connectivity index (χ1) is 11.7. The fourth-order valence-electron chi connectivity index (χ4n) is 2.55. The van der Waals surface area contributed by atoms with Crippen molar-refractivity contribution in [2.75, 3.05) is 12.4 Å². The summed E-state index contributed by atoms with van der Waals surface area (Å²) < 4.78 is 5.13. The highest BCUT2D eigenvalue weighted by atomic mass is 16.5. The normalized spacial score (nSPS) is 10.5. The molecule has 0 atom stereocenters. The molecule has 122 valence electrons. The minimum Gasteiger partial charge on any atom is -0.497 e. The molecule has 0 fully saturated rings. The zero-order valence-corrected chi connectivity index (χ0v) is 13.3. The average Bonchev–Trinajstić information content (AvgIpc) is 2.60. The van der Waals surface area contributed by atoms with Crippen LogP contribution in [-0.4, -0.2) is 18.0 Å². The predicted octanol–water partition coefficient (Wildman–Crippen LogP) is 3.11. The van der Waals surface area contributed by atoms with E-state index in [-0.39, 0.29) is 17.9 Å². The van der Waals surface area contributed by atoms with Gasteiger partial charge >= 0.3 is 0 Å². The Morgan fingerprint density at radius 3 is 2.79 bits per heavy atom. The third-order valence-corrected chi connectivity index (χ3v) is 3.81. The quantitative estimate of drug-likeness (QED) is 0.758. The maximum atomic E-state index is 12.1. The van der Waals surface area contributed by atoms with Gasteiger partial charge in [-0.15, -0.1) is 0 Å². The van der Waals surface area contributed by atoms with Crippen LogP contribution in [0.15, 0.2) is 59.4 Å². The Morgan fingerprint density at radius 1 is 1.12 bits per heavy atom. The lowest BCUT2D eigenvalue weighted by Crippen LogP contribution is -2.17. The second-order valence-corrected chi connectivity index (χ2v) is 5.49. The molecule has 1 amide bonds. The van der Waals surface area contributed by atoms with Gasteiger partial charge in [0.05, 0.1) is 7.11 Å². The molecule has 24 heavy (non-hydrogen) atoms. The van der Waals surface area contributed by atoms with Crippen LogP contribution in [0, 0.1) is 0 Å². The van der Waals surface area contributed by atoms with Crippen molar-refractivity contribution in [2.45, 2.75) is 12.8 Å². The molecule has 0 unspecified atom stereocenters. The highest BCUT2D eigenvalue weighted by Crippen LogP contribution is 2.17. The summed E-state index contributed by atoms with van der Waals surface area (Å²) >= 11 is 0. The van der Waals surface area contributed by atoms with Crippen LogP contribution in [0.25, 0.3) is 10.9 Å². The van der Waals surface area contributed by atoms with Crippen LogP contribution in [0.1, 0.15) is 12.0 Å². The number of methoxy groups -OCH3 is 1. The van der Waals surface area contributed by atoms with Gasteiger partial charge < -0.3 is 15.0 Å². The Morgan fingerprint density at radius 2 is 1.96 bits per heavy atom. The maximum absolute atomic E-state index is 12.1. The number of H-pyrrole nitrogens is 1. The topological polar surface area (TPSA) is 71.2 Å². The number of carbonyl (C=O) groups is 1. The van der Waals surface area contributed by atoms with Crippen molar-refractivity contribution in [3.8, 4) is 5.75 Å². The second kappa shape index (κ2) is 7.00. The average molecular weight is 322 g/mol. The highest BCUT2D eigenvalue weighted by molar-refractivity contribution is 5.91. The molecule has 3 rings (SSSR count). The van der Waals surface area contributed by atoms with Gasteiger partial charge in [-0.25, -0.2) is 0 Å². The lowest BCUT2D eigenvalue weighted by molar-refractivity contribution is -0.116. The number of hydrogen-bond donors (Lipinski definition) is 2. The van der Waals surface area contributed by atoms with Crippen LogP contribution in [0.5, 0.6) is 5.75 Å². The number of aromatic amines is 1. The van der Waals surface area contributed by atoms with Gasteiger partial charge in [-0.3, -0.25) is 9.59 Å². The molecule has 1 aromatic heterocycles. The largest absolute Gasteiger partial charge is 0.497 e. The number of carbonyl (C=O) groups excluding carboxylic acids is 1. The summed E-state index contributed by atoms with van der Waals surface area (Å²) in [6.45, 7) is 0. The number of rotatable bonds is 5. The number of aryl methyl sites for hydroxylation is 1. The van der Waals surface area contributed by atoms with Crippen molar-refractivity contribution in [2.24, 2.45) is 0 Å². The number of nitrogens with one attached hydrogen (secondary N) is 2. The van der Waals surface area contributed by atoms with Crippen LogP contribution >= 0.6 is 0 Å². The van der Waals surface area contributed by atoms with Crippen molar-refractivity contribution in [3.05, 3.63) is 70.5 Å². The van der Waals surface area contributed by atoms with Gasteiger partial charge in [-0.2, -0.15) is 0 Å². The second-order valence-electron chi connectivity index (χ2n) is 5.49. The number of aromatic nitrogens is 1. The summed E-state index contributed by atoms with van der Waals surface area (Å²) in [6.07, 6.45) is 0.620. The van der Waals surface area contributed by atoms with Crippen molar-refractivity contribution in [3.63, 3.8) is 0 Å². The third-order valence-electron chi connectivity index (χ3n) is 3.81. The third kappa shape index (κ3) is 3.63. The number of amides is 1. The number of fused-ring (bicyclic) bond motifs is 1. The molecule has 5 heteroatoms. The molecular weight excluding hydrogens is 304 g/mol. The fraction of sp³-hybridized carbons (Fsp3) is 0.158. The first-order valence-corrected chi connectivity index (χ1v) is 7.70. The monoisotopic (exact) mass is 322 g/mol. The number of pyridine rings is 1. The Balaban J connectivity index is 1.67. The summed E-state index contributed by atoms with van der Waals surface area (Å²) in [6, 6.07) is 16.6. The van der Waals surface area contributed by atoms with E-state index in [9.17, 15) is 9.59 Å². The van der Waals surface area contributed by atoms with Crippen LogP contribution in [0.3, 0.4) is 0 Å². The molecule has 0 saturated heterocycles. The summed E-state index contributed by atoms with van der Waals surface area (Å²) in [4.78, 5) is 27.0. The molecule has 2 N–H and O–H groups in total. The zero-order chi connectivity index (χ0) is 16.9. The molecule has 2 aromatic carbocycles. The van der Waals surface area contributed by atoms with Crippen molar-refractivity contribution in [1.29, 1.82) is 0 Å². The van der Waals surface area contributed by atoms with Crippen LogP contribution in [-0.2, 0) is 11.2 Å².